The molecule has 1 aliphatic rings. The highest BCUT2D eigenvalue weighted by atomic mass is 32.1. The number of rotatable bonds is 7. The highest BCUT2D eigenvalue weighted by molar-refractivity contribution is 7.10. The highest BCUT2D eigenvalue weighted by Gasteiger charge is 2.20. The van der Waals surface area contributed by atoms with Crippen LogP contribution in [0.1, 0.15) is 23.8 Å². The van der Waals surface area contributed by atoms with E-state index >= 15 is 0 Å². The monoisotopic (exact) mass is 359 g/mol. The maximum atomic E-state index is 6.53. The summed E-state index contributed by atoms with van der Waals surface area (Å²) in [7, 11) is 4.20. The van der Waals surface area contributed by atoms with Crippen molar-refractivity contribution >= 4 is 17.0 Å². The summed E-state index contributed by atoms with van der Waals surface area (Å²) in [4.78, 5) is 6.17. The average Bonchev–Trinajstić information content (AvgIpc) is 3.08. The average molecular weight is 360 g/mol. The molecule has 3 rings (SSSR count). The molecule has 1 aromatic heterocycles. The van der Waals surface area contributed by atoms with Crippen LogP contribution in [0.4, 0.5) is 5.69 Å². The van der Waals surface area contributed by atoms with E-state index < -0.39 is 0 Å². The van der Waals surface area contributed by atoms with E-state index in [-0.39, 0.29) is 6.10 Å². The number of hydrogen-bond donors (Lipinski definition) is 1. The molecule has 1 atom stereocenters. The number of benzene rings is 1. The van der Waals surface area contributed by atoms with Crippen LogP contribution < -0.4 is 15.0 Å². The predicted molar refractivity (Wildman–Crippen MR) is 107 cm³/mol. The summed E-state index contributed by atoms with van der Waals surface area (Å²) in [6, 6.07) is 12.8. The Hall–Kier alpha value is -1.56. The standard InChI is InChI=1S/C20H29N3OS/c1-21-11-10-19(20-9-5-16-25-20)24-18-8-4-3-7-17(18)23-13-6-12-22(2)14-15-23/h3-5,7-9,16,19,21H,6,10-15H2,1-2H3/t19-/m0/s1. The van der Waals surface area contributed by atoms with Crippen LogP contribution in [0.25, 0.3) is 0 Å². The fourth-order valence-corrected chi connectivity index (χ4v) is 4.06. The molecule has 0 saturated carbocycles. The van der Waals surface area contributed by atoms with Crippen LogP contribution in [0.3, 0.4) is 0 Å². The highest BCUT2D eigenvalue weighted by Crippen LogP contribution is 2.34. The molecular formula is C20H29N3OS. The van der Waals surface area contributed by atoms with E-state index in [1.165, 1.54) is 23.5 Å². The van der Waals surface area contributed by atoms with Gasteiger partial charge >= 0.3 is 0 Å². The molecule has 0 radical (unpaired) electrons. The van der Waals surface area contributed by atoms with Crippen molar-refractivity contribution in [3.05, 3.63) is 46.7 Å². The minimum atomic E-state index is 0.100. The van der Waals surface area contributed by atoms with E-state index in [4.69, 9.17) is 4.74 Å². The molecule has 5 heteroatoms. The third kappa shape index (κ3) is 4.97. The Morgan fingerprint density at radius 3 is 2.80 bits per heavy atom. The van der Waals surface area contributed by atoms with Crippen molar-refractivity contribution in [2.75, 3.05) is 51.7 Å². The van der Waals surface area contributed by atoms with E-state index in [0.717, 1.165) is 38.3 Å². The molecule has 0 bridgehead atoms. The zero-order chi connectivity index (χ0) is 17.5. The topological polar surface area (TPSA) is 27.7 Å². The Morgan fingerprint density at radius 1 is 1.12 bits per heavy atom. The third-order valence-electron chi connectivity index (χ3n) is 4.71. The van der Waals surface area contributed by atoms with Crippen molar-refractivity contribution in [1.29, 1.82) is 0 Å². The summed E-state index contributed by atoms with van der Waals surface area (Å²) >= 11 is 1.77. The molecule has 2 aromatic rings. The molecule has 0 aliphatic carbocycles. The molecule has 2 heterocycles. The second-order valence-corrected chi connectivity index (χ2v) is 7.61. The van der Waals surface area contributed by atoms with Gasteiger partial charge in [-0.05, 0) is 57.2 Å². The van der Waals surface area contributed by atoms with Crippen molar-refractivity contribution in [1.82, 2.24) is 10.2 Å². The van der Waals surface area contributed by atoms with Gasteiger partial charge in [-0.15, -0.1) is 11.3 Å². The number of likely N-dealkylation sites (N-methyl/N-ethyl adjacent to an activating group) is 1. The van der Waals surface area contributed by atoms with E-state index in [1.807, 2.05) is 7.05 Å². The minimum absolute atomic E-state index is 0.100. The molecule has 4 nitrogen and oxygen atoms in total. The van der Waals surface area contributed by atoms with Crippen LogP contribution in [0.15, 0.2) is 41.8 Å². The van der Waals surface area contributed by atoms with Crippen molar-refractivity contribution in [2.45, 2.75) is 18.9 Å². The van der Waals surface area contributed by atoms with Gasteiger partial charge in [0.25, 0.3) is 0 Å². The van der Waals surface area contributed by atoms with Gasteiger partial charge in [0.05, 0.1) is 5.69 Å². The first-order chi connectivity index (χ1) is 12.3. The molecular weight excluding hydrogens is 330 g/mol. The summed E-state index contributed by atoms with van der Waals surface area (Å²) < 4.78 is 6.53. The second kappa shape index (κ2) is 9.22. The Labute approximate surface area is 155 Å². The first kappa shape index (κ1) is 18.2. The Bertz CT molecular complexity index is 632. The van der Waals surface area contributed by atoms with Gasteiger partial charge in [0, 0.05) is 30.9 Å². The Kier molecular flexibility index (Phi) is 6.73. The van der Waals surface area contributed by atoms with Crippen molar-refractivity contribution < 1.29 is 4.74 Å². The lowest BCUT2D eigenvalue weighted by molar-refractivity contribution is 0.199. The van der Waals surface area contributed by atoms with Gasteiger partial charge in [-0.2, -0.15) is 0 Å². The second-order valence-electron chi connectivity index (χ2n) is 6.63. The Balaban J connectivity index is 1.79. The molecule has 1 saturated heterocycles. The predicted octanol–water partition coefficient (Wildman–Crippen LogP) is 3.62. The first-order valence-corrected chi connectivity index (χ1v) is 10.0. The van der Waals surface area contributed by atoms with E-state index in [1.54, 1.807) is 11.3 Å². The lowest BCUT2D eigenvalue weighted by atomic mass is 10.2. The molecule has 0 spiro atoms. The van der Waals surface area contributed by atoms with Gasteiger partial charge in [0.2, 0.25) is 0 Å². The van der Waals surface area contributed by atoms with Gasteiger partial charge < -0.3 is 19.9 Å². The molecule has 1 aliphatic heterocycles. The molecule has 0 amide bonds. The largest absolute Gasteiger partial charge is 0.483 e. The van der Waals surface area contributed by atoms with Crippen LogP contribution in [0.2, 0.25) is 0 Å². The zero-order valence-corrected chi connectivity index (χ0v) is 16.1. The molecule has 1 aromatic carbocycles. The maximum Gasteiger partial charge on any atom is 0.143 e. The van der Waals surface area contributed by atoms with Gasteiger partial charge in [-0.3, -0.25) is 0 Å². The van der Waals surface area contributed by atoms with Crippen LogP contribution in [0, 0.1) is 0 Å². The fourth-order valence-electron chi connectivity index (χ4n) is 3.27. The molecule has 1 N–H and O–H groups in total. The molecule has 1 fully saturated rings. The number of para-hydroxylation sites is 2. The molecule has 136 valence electrons. The number of hydrogen-bond acceptors (Lipinski definition) is 5. The van der Waals surface area contributed by atoms with E-state index in [9.17, 15) is 0 Å². The lowest BCUT2D eigenvalue weighted by Gasteiger charge is -2.27. The number of ether oxygens (including phenoxy) is 1. The number of anilines is 1. The maximum absolute atomic E-state index is 6.53. The smallest absolute Gasteiger partial charge is 0.143 e. The SMILES string of the molecule is CNCC[C@H](Oc1ccccc1N1CCCN(C)CC1)c1cccs1. The van der Waals surface area contributed by atoms with Crippen LogP contribution in [0.5, 0.6) is 5.75 Å². The van der Waals surface area contributed by atoms with Gasteiger partial charge in [-0.25, -0.2) is 0 Å². The lowest BCUT2D eigenvalue weighted by Crippen LogP contribution is -2.29. The summed E-state index contributed by atoms with van der Waals surface area (Å²) in [5.41, 5.74) is 1.23. The van der Waals surface area contributed by atoms with Crippen LogP contribution in [-0.4, -0.2) is 51.7 Å². The van der Waals surface area contributed by atoms with E-state index in [0.29, 0.717) is 0 Å². The number of thiophene rings is 1. The van der Waals surface area contributed by atoms with Gasteiger partial charge in [0.1, 0.15) is 11.9 Å². The third-order valence-corrected chi connectivity index (χ3v) is 5.68. The van der Waals surface area contributed by atoms with Crippen molar-refractivity contribution in [3.63, 3.8) is 0 Å². The summed E-state index contributed by atoms with van der Waals surface area (Å²) in [6.45, 7) is 5.35. The van der Waals surface area contributed by atoms with Gasteiger partial charge in [-0.1, -0.05) is 18.2 Å². The molecule has 25 heavy (non-hydrogen) atoms. The van der Waals surface area contributed by atoms with Crippen molar-refractivity contribution in [3.8, 4) is 5.75 Å². The minimum Gasteiger partial charge on any atom is -0.483 e. The molecule has 0 unspecified atom stereocenters. The Morgan fingerprint density at radius 2 is 2.00 bits per heavy atom. The summed E-state index contributed by atoms with van der Waals surface area (Å²) in [6.07, 6.45) is 2.26. The number of nitrogens with one attached hydrogen (secondary N) is 1. The van der Waals surface area contributed by atoms with Crippen LogP contribution in [-0.2, 0) is 0 Å². The van der Waals surface area contributed by atoms with Crippen LogP contribution >= 0.6 is 11.3 Å². The van der Waals surface area contributed by atoms with E-state index in [2.05, 4.69) is 63.9 Å². The summed E-state index contributed by atoms with van der Waals surface area (Å²) in [5.74, 6) is 1.00. The summed E-state index contributed by atoms with van der Waals surface area (Å²) in [5, 5.41) is 5.37. The first-order valence-electron chi connectivity index (χ1n) is 9.15. The zero-order valence-electron chi connectivity index (χ0n) is 15.3. The normalized spacial score (nSPS) is 17.3. The quantitative estimate of drug-likeness (QED) is 0.817. The van der Waals surface area contributed by atoms with Gasteiger partial charge in [0.15, 0.2) is 0 Å². The number of nitrogens with zero attached hydrogens (tertiary/aromatic N) is 2. The van der Waals surface area contributed by atoms with Crippen molar-refractivity contribution in [2.24, 2.45) is 0 Å². The fraction of sp³-hybridized carbons (Fsp3) is 0.500.